The second-order valence-electron chi connectivity index (χ2n) is 5.94. The van der Waals surface area contributed by atoms with E-state index in [1.54, 1.807) is 0 Å². The number of unbranched alkanes of at least 4 members (excludes halogenated alkanes) is 1. The third-order valence-electron chi connectivity index (χ3n) is 4.38. The van der Waals surface area contributed by atoms with Gasteiger partial charge in [0.25, 0.3) is 0 Å². The van der Waals surface area contributed by atoms with E-state index in [9.17, 15) is 5.11 Å². The molecule has 0 amide bonds. The lowest BCUT2D eigenvalue weighted by Crippen LogP contribution is -2.15. The molecule has 0 saturated carbocycles. The van der Waals surface area contributed by atoms with Gasteiger partial charge in [0.15, 0.2) is 0 Å². The Kier molecular flexibility index (Phi) is 6.22. The Morgan fingerprint density at radius 3 is 2.78 bits per heavy atom. The third kappa shape index (κ3) is 5.11. The van der Waals surface area contributed by atoms with E-state index in [2.05, 4.69) is 6.08 Å². The zero-order chi connectivity index (χ0) is 12.6. The highest BCUT2D eigenvalue weighted by Gasteiger charge is 2.13. The van der Waals surface area contributed by atoms with Crippen molar-refractivity contribution >= 4 is 0 Å². The van der Waals surface area contributed by atoms with Crippen LogP contribution in [0.1, 0.15) is 64.2 Å². The fraction of sp³-hybridized carbons (Fsp3) is 0.875. The minimum Gasteiger partial charge on any atom is -0.389 e. The maximum Gasteiger partial charge on any atom is 0.0723 e. The van der Waals surface area contributed by atoms with E-state index in [0.29, 0.717) is 0 Å². The number of hydrogen-bond donors (Lipinski definition) is 1. The molecule has 2 rings (SSSR count). The van der Waals surface area contributed by atoms with Crippen molar-refractivity contribution in [1.29, 1.82) is 0 Å². The van der Waals surface area contributed by atoms with Crippen LogP contribution in [0.25, 0.3) is 0 Å². The molecular formula is C16H28O2. The standard InChI is InChI=1S/C16H28O2/c17-16-8-4-3-7-15(13-16)6-2-1-5-14-9-11-18-12-10-14/h13-14,16-17H,1-12H2. The van der Waals surface area contributed by atoms with Crippen LogP contribution in [0.3, 0.4) is 0 Å². The van der Waals surface area contributed by atoms with Gasteiger partial charge in [0, 0.05) is 13.2 Å². The third-order valence-corrected chi connectivity index (χ3v) is 4.38. The number of ether oxygens (including phenoxy) is 1. The predicted molar refractivity (Wildman–Crippen MR) is 74.6 cm³/mol. The van der Waals surface area contributed by atoms with Gasteiger partial charge in [-0.2, -0.15) is 0 Å². The van der Waals surface area contributed by atoms with Crippen LogP contribution < -0.4 is 0 Å². The highest BCUT2D eigenvalue weighted by molar-refractivity contribution is 5.06. The van der Waals surface area contributed by atoms with Crippen molar-refractivity contribution in [3.8, 4) is 0 Å². The minimum atomic E-state index is -0.169. The van der Waals surface area contributed by atoms with Gasteiger partial charge in [0.2, 0.25) is 0 Å². The first kappa shape index (κ1) is 14.1. The van der Waals surface area contributed by atoms with Crippen molar-refractivity contribution in [3.63, 3.8) is 0 Å². The van der Waals surface area contributed by atoms with Crippen LogP contribution in [0.2, 0.25) is 0 Å². The summed E-state index contributed by atoms with van der Waals surface area (Å²) in [5.74, 6) is 0.910. The zero-order valence-electron chi connectivity index (χ0n) is 11.6. The van der Waals surface area contributed by atoms with Crippen molar-refractivity contribution in [2.24, 2.45) is 5.92 Å². The monoisotopic (exact) mass is 252 g/mol. The van der Waals surface area contributed by atoms with E-state index in [1.807, 2.05) is 0 Å². The molecule has 1 aliphatic heterocycles. The molecule has 0 spiro atoms. The molecule has 1 aliphatic carbocycles. The van der Waals surface area contributed by atoms with Crippen molar-refractivity contribution in [2.45, 2.75) is 70.3 Å². The van der Waals surface area contributed by atoms with Gasteiger partial charge >= 0.3 is 0 Å². The molecule has 2 nitrogen and oxygen atoms in total. The van der Waals surface area contributed by atoms with Gasteiger partial charge in [-0.05, 0) is 50.9 Å². The molecule has 1 saturated heterocycles. The van der Waals surface area contributed by atoms with E-state index in [0.717, 1.165) is 25.6 Å². The summed E-state index contributed by atoms with van der Waals surface area (Å²) in [7, 11) is 0. The average molecular weight is 252 g/mol. The van der Waals surface area contributed by atoms with Crippen molar-refractivity contribution in [1.82, 2.24) is 0 Å². The van der Waals surface area contributed by atoms with Gasteiger partial charge in [0.1, 0.15) is 0 Å². The Balaban J connectivity index is 1.59. The maximum absolute atomic E-state index is 9.73. The lowest BCUT2D eigenvalue weighted by atomic mass is 9.93. The molecule has 1 fully saturated rings. The highest BCUT2D eigenvalue weighted by Crippen LogP contribution is 2.25. The summed E-state index contributed by atoms with van der Waals surface area (Å²) < 4.78 is 5.39. The Morgan fingerprint density at radius 1 is 1.11 bits per heavy atom. The second-order valence-corrected chi connectivity index (χ2v) is 5.94. The molecule has 18 heavy (non-hydrogen) atoms. The summed E-state index contributed by atoms with van der Waals surface area (Å²) in [6.45, 7) is 1.95. The van der Waals surface area contributed by atoms with Gasteiger partial charge in [-0.1, -0.05) is 30.9 Å². The maximum atomic E-state index is 9.73. The Hall–Kier alpha value is -0.340. The second kappa shape index (κ2) is 7.96. The molecule has 1 atom stereocenters. The molecule has 104 valence electrons. The van der Waals surface area contributed by atoms with E-state index in [-0.39, 0.29) is 6.10 Å². The largest absolute Gasteiger partial charge is 0.389 e. The molecule has 1 N–H and O–H groups in total. The lowest BCUT2D eigenvalue weighted by Gasteiger charge is -2.21. The Bertz CT molecular complexity index is 254. The smallest absolute Gasteiger partial charge is 0.0723 e. The minimum absolute atomic E-state index is 0.169. The molecule has 0 aromatic rings. The molecule has 0 aromatic carbocycles. The number of aliphatic hydroxyl groups excluding tert-OH is 1. The molecule has 2 heteroatoms. The molecule has 0 aromatic heterocycles. The Morgan fingerprint density at radius 2 is 1.94 bits per heavy atom. The van der Waals surface area contributed by atoms with Gasteiger partial charge in [-0.25, -0.2) is 0 Å². The normalized spacial score (nSPS) is 26.7. The van der Waals surface area contributed by atoms with E-state index < -0.39 is 0 Å². The predicted octanol–water partition coefficient (Wildman–Crippen LogP) is 3.83. The summed E-state index contributed by atoms with van der Waals surface area (Å²) in [5.41, 5.74) is 1.51. The van der Waals surface area contributed by atoms with Gasteiger partial charge in [0.05, 0.1) is 6.10 Å². The average Bonchev–Trinajstić information content (AvgIpc) is 2.60. The lowest BCUT2D eigenvalue weighted by molar-refractivity contribution is 0.0631. The fourth-order valence-corrected chi connectivity index (χ4v) is 3.17. The van der Waals surface area contributed by atoms with Crippen molar-refractivity contribution in [2.75, 3.05) is 13.2 Å². The number of rotatable bonds is 5. The molecule has 0 radical (unpaired) electrons. The van der Waals surface area contributed by atoms with Crippen LogP contribution in [-0.4, -0.2) is 24.4 Å². The molecule has 1 heterocycles. The van der Waals surface area contributed by atoms with Crippen LogP contribution in [0.4, 0.5) is 0 Å². The van der Waals surface area contributed by atoms with Crippen LogP contribution in [0.5, 0.6) is 0 Å². The van der Waals surface area contributed by atoms with E-state index in [1.165, 1.54) is 63.4 Å². The van der Waals surface area contributed by atoms with E-state index in [4.69, 9.17) is 4.74 Å². The first-order valence-electron chi connectivity index (χ1n) is 7.80. The summed E-state index contributed by atoms with van der Waals surface area (Å²) in [4.78, 5) is 0. The topological polar surface area (TPSA) is 29.5 Å². The molecule has 2 aliphatic rings. The van der Waals surface area contributed by atoms with Crippen LogP contribution in [0, 0.1) is 5.92 Å². The number of allylic oxidation sites excluding steroid dienone is 1. The van der Waals surface area contributed by atoms with Crippen LogP contribution in [0.15, 0.2) is 11.6 Å². The number of hydrogen-bond acceptors (Lipinski definition) is 2. The van der Waals surface area contributed by atoms with E-state index >= 15 is 0 Å². The van der Waals surface area contributed by atoms with Crippen molar-refractivity contribution < 1.29 is 9.84 Å². The van der Waals surface area contributed by atoms with Gasteiger partial charge < -0.3 is 9.84 Å². The van der Waals surface area contributed by atoms with Gasteiger partial charge in [-0.3, -0.25) is 0 Å². The summed E-state index contributed by atoms with van der Waals surface area (Å²) in [6, 6.07) is 0. The summed E-state index contributed by atoms with van der Waals surface area (Å²) >= 11 is 0. The Labute approximate surface area is 111 Å². The summed E-state index contributed by atoms with van der Waals surface area (Å²) in [6.07, 6.45) is 14.3. The first-order chi connectivity index (χ1) is 8.84. The fourth-order valence-electron chi connectivity index (χ4n) is 3.17. The quantitative estimate of drug-likeness (QED) is 0.595. The molecule has 1 unspecified atom stereocenters. The van der Waals surface area contributed by atoms with Crippen LogP contribution >= 0.6 is 0 Å². The summed E-state index contributed by atoms with van der Waals surface area (Å²) in [5, 5.41) is 9.73. The first-order valence-corrected chi connectivity index (χ1v) is 7.80. The highest BCUT2D eigenvalue weighted by atomic mass is 16.5. The van der Waals surface area contributed by atoms with Gasteiger partial charge in [-0.15, -0.1) is 0 Å². The van der Waals surface area contributed by atoms with Crippen LogP contribution in [-0.2, 0) is 4.74 Å². The molecule has 0 bridgehead atoms. The zero-order valence-corrected chi connectivity index (χ0v) is 11.6. The SMILES string of the molecule is OC1C=C(CCCCC2CCOCC2)CCCC1. The molecular weight excluding hydrogens is 224 g/mol. The van der Waals surface area contributed by atoms with Crippen molar-refractivity contribution in [3.05, 3.63) is 11.6 Å². The number of aliphatic hydroxyl groups is 1.